The molecule has 0 aliphatic rings. The Labute approximate surface area is 69.5 Å². The molecule has 0 aliphatic carbocycles. The zero-order valence-electron chi connectivity index (χ0n) is 6.38. The van der Waals surface area contributed by atoms with Crippen molar-refractivity contribution in [3.05, 3.63) is 0 Å². The normalized spacial score (nSPS) is 14.2. The Morgan fingerprint density at radius 3 is 2.33 bits per heavy atom. The van der Waals surface area contributed by atoms with E-state index in [1.807, 2.05) is 0 Å². The van der Waals surface area contributed by atoms with Gasteiger partial charge in [-0.2, -0.15) is 0 Å². The van der Waals surface area contributed by atoms with Crippen LogP contribution in [0.2, 0.25) is 0 Å². The van der Waals surface area contributed by atoms with Crippen LogP contribution in [-0.2, 0) is 9.36 Å². The van der Waals surface area contributed by atoms with Crippen LogP contribution in [0.4, 0.5) is 0 Å². The molecule has 1 unspecified atom stereocenters. The van der Waals surface area contributed by atoms with Crippen molar-refractivity contribution in [2.75, 3.05) is 6.16 Å². The first-order valence-electron chi connectivity index (χ1n) is 3.33. The predicted molar refractivity (Wildman–Crippen MR) is 41.8 cm³/mol. The highest BCUT2D eigenvalue weighted by molar-refractivity contribution is 7.51. The molecule has 0 bridgehead atoms. The SMILES string of the molecule is NC(CCP(=O)(O)O)CC(=O)O. The molecule has 0 saturated heterocycles. The largest absolute Gasteiger partial charge is 0.481 e. The van der Waals surface area contributed by atoms with Gasteiger partial charge in [0.2, 0.25) is 0 Å². The molecule has 0 spiro atoms. The maximum Gasteiger partial charge on any atom is 0.325 e. The summed E-state index contributed by atoms with van der Waals surface area (Å²) in [5.41, 5.74) is 5.26. The summed E-state index contributed by atoms with van der Waals surface area (Å²) >= 11 is 0. The number of rotatable bonds is 5. The molecule has 0 aliphatic heterocycles. The van der Waals surface area contributed by atoms with Crippen molar-refractivity contribution in [2.45, 2.75) is 18.9 Å². The van der Waals surface area contributed by atoms with Crippen molar-refractivity contribution in [3.8, 4) is 0 Å². The summed E-state index contributed by atoms with van der Waals surface area (Å²) in [5, 5.41) is 8.24. The van der Waals surface area contributed by atoms with Crippen LogP contribution in [0, 0.1) is 0 Å². The first-order valence-corrected chi connectivity index (χ1v) is 5.13. The Morgan fingerprint density at radius 2 is 2.00 bits per heavy atom. The zero-order valence-corrected chi connectivity index (χ0v) is 7.28. The summed E-state index contributed by atoms with van der Waals surface area (Å²) in [5.74, 6) is -1.06. The summed E-state index contributed by atoms with van der Waals surface area (Å²) in [6, 6.07) is -0.685. The van der Waals surface area contributed by atoms with Crippen molar-refractivity contribution in [3.63, 3.8) is 0 Å². The van der Waals surface area contributed by atoms with Gasteiger partial charge in [-0.3, -0.25) is 9.36 Å². The third-order valence-corrected chi connectivity index (χ3v) is 2.07. The van der Waals surface area contributed by atoms with Gasteiger partial charge in [0.05, 0.1) is 12.6 Å². The van der Waals surface area contributed by atoms with Crippen LogP contribution in [0.3, 0.4) is 0 Å². The highest BCUT2D eigenvalue weighted by atomic mass is 31.2. The second kappa shape index (κ2) is 4.57. The Bertz CT molecular complexity index is 200. The highest BCUT2D eigenvalue weighted by Gasteiger charge is 2.16. The summed E-state index contributed by atoms with van der Waals surface area (Å²) in [6.07, 6.45) is -0.599. The minimum Gasteiger partial charge on any atom is -0.481 e. The molecule has 5 N–H and O–H groups in total. The van der Waals surface area contributed by atoms with E-state index in [1.165, 1.54) is 0 Å². The number of carboxylic acid groups (broad SMARTS) is 1. The number of nitrogens with two attached hydrogens (primary N) is 1. The smallest absolute Gasteiger partial charge is 0.325 e. The van der Waals surface area contributed by atoms with Gasteiger partial charge in [-0.15, -0.1) is 0 Å². The van der Waals surface area contributed by atoms with Crippen LogP contribution in [0.5, 0.6) is 0 Å². The van der Waals surface area contributed by atoms with Gasteiger partial charge < -0.3 is 20.6 Å². The van der Waals surface area contributed by atoms with Crippen molar-refractivity contribution in [1.82, 2.24) is 0 Å². The first kappa shape index (κ1) is 11.6. The summed E-state index contributed by atoms with van der Waals surface area (Å²) in [6.45, 7) is 0. The predicted octanol–water partition coefficient (Wildman–Crippen LogP) is -0.644. The first-order chi connectivity index (χ1) is 5.31. The molecule has 0 rings (SSSR count). The Kier molecular flexibility index (Phi) is 4.41. The quantitative estimate of drug-likeness (QED) is 0.435. The van der Waals surface area contributed by atoms with Crippen LogP contribution in [-0.4, -0.2) is 33.1 Å². The Morgan fingerprint density at radius 1 is 1.50 bits per heavy atom. The molecular formula is C5H12NO5P. The van der Waals surface area contributed by atoms with Crippen LogP contribution in [0.1, 0.15) is 12.8 Å². The third-order valence-electron chi connectivity index (χ3n) is 1.23. The molecule has 0 amide bonds. The van der Waals surface area contributed by atoms with E-state index in [4.69, 9.17) is 20.6 Å². The van der Waals surface area contributed by atoms with Gasteiger partial charge in [-0.25, -0.2) is 0 Å². The van der Waals surface area contributed by atoms with E-state index in [9.17, 15) is 9.36 Å². The maximum atomic E-state index is 10.3. The second-order valence-electron chi connectivity index (χ2n) is 2.53. The third kappa shape index (κ3) is 7.68. The fraction of sp³-hybridized carbons (Fsp3) is 0.800. The van der Waals surface area contributed by atoms with Crippen LogP contribution >= 0.6 is 7.60 Å². The molecular weight excluding hydrogens is 185 g/mol. The second-order valence-corrected chi connectivity index (χ2v) is 4.31. The van der Waals surface area contributed by atoms with Crippen molar-refractivity contribution in [1.29, 1.82) is 0 Å². The van der Waals surface area contributed by atoms with E-state index in [0.29, 0.717) is 0 Å². The lowest BCUT2D eigenvalue weighted by molar-refractivity contribution is -0.137. The monoisotopic (exact) mass is 197 g/mol. The Hall–Kier alpha value is -0.420. The number of carbonyl (C=O) groups is 1. The van der Waals surface area contributed by atoms with Gasteiger partial charge in [0.25, 0.3) is 0 Å². The van der Waals surface area contributed by atoms with Gasteiger partial charge in [-0.1, -0.05) is 0 Å². The fourth-order valence-corrected chi connectivity index (χ4v) is 1.33. The lowest BCUT2D eigenvalue weighted by Crippen LogP contribution is -2.24. The number of hydrogen-bond donors (Lipinski definition) is 4. The number of aliphatic carboxylic acids is 1. The minimum atomic E-state index is -4.04. The minimum absolute atomic E-state index is 0.0244. The van der Waals surface area contributed by atoms with E-state index in [-0.39, 0.29) is 19.0 Å². The Balaban J connectivity index is 3.65. The molecule has 0 heterocycles. The van der Waals surface area contributed by atoms with Crippen LogP contribution in [0.15, 0.2) is 0 Å². The van der Waals surface area contributed by atoms with E-state index in [0.717, 1.165) is 0 Å². The molecule has 0 aromatic carbocycles. The van der Waals surface area contributed by atoms with Crippen molar-refractivity contribution in [2.24, 2.45) is 5.73 Å². The topological polar surface area (TPSA) is 121 Å². The molecule has 1 atom stereocenters. The molecule has 6 nitrogen and oxygen atoms in total. The standard InChI is InChI=1S/C5H12NO5P/c6-4(3-5(7)8)1-2-12(9,10)11/h4H,1-3,6H2,(H,7,8)(H2,9,10,11). The van der Waals surface area contributed by atoms with E-state index >= 15 is 0 Å². The maximum absolute atomic E-state index is 10.3. The molecule has 0 fully saturated rings. The van der Waals surface area contributed by atoms with Crippen LogP contribution < -0.4 is 5.73 Å². The van der Waals surface area contributed by atoms with Gasteiger partial charge >= 0.3 is 13.6 Å². The summed E-state index contributed by atoms with van der Waals surface area (Å²) in [4.78, 5) is 26.9. The molecule has 0 radical (unpaired) electrons. The zero-order chi connectivity index (χ0) is 9.78. The van der Waals surface area contributed by atoms with Gasteiger partial charge in [0.1, 0.15) is 0 Å². The van der Waals surface area contributed by atoms with Crippen molar-refractivity contribution < 1.29 is 24.3 Å². The molecule has 7 heteroatoms. The molecule has 72 valence electrons. The number of carboxylic acids is 1. The van der Waals surface area contributed by atoms with Gasteiger partial charge in [0.15, 0.2) is 0 Å². The van der Waals surface area contributed by atoms with E-state index in [1.54, 1.807) is 0 Å². The van der Waals surface area contributed by atoms with E-state index < -0.39 is 19.6 Å². The van der Waals surface area contributed by atoms with Crippen LogP contribution in [0.25, 0.3) is 0 Å². The fourth-order valence-electron chi connectivity index (χ4n) is 0.660. The van der Waals surface area contributed by atoms with E-state index in [2.05, 4.69) is 0 Å². The van der Waals surface area contributed by atoms with Gasteiger partial charge in [-0.05, 0) is 6.42 Å². The average Bonchev–Trinajstić information content (AvgIpc) is 1.80. The highest BCUT2D eigenvalue weighted by Crippen LogP contribution is 2.35. The number of hydrogen-bond acceptors (Lipinski definition) is 3. The van der Waals surface area contributed by atoms with Crippen molar-refractivity contribution >= 4 is 13.6 Å². The average molecular weight is 197 g/mol. The molecule has 0 aromatic heterocycles. The molecule has 12 heavy (non-hydrogen) atoms. The lowest BCUT2D eigenvalue weighted by Gasteiger charge is -2.08. The lowest BCUT2D eigenvalue weighted by atomic mass is 10.2. The summed E-state index contributed by atoms with van der Waals surface area (Å²) < 4.78 is 10.3. The van der Waals surface area contributed by atoms with Gasteiger partial charge in [0, 0.05) is 6.04 Å². The molecule has 0 aromatic rings. The summed E-state index contributed by atoms with van der Waals surface area (Å²) in [7, 11) is -4.04. The molecule has 0 saturated carbocycles.